The number of carbonyl (C=O) groups excluding carboxylic acids is 1. The van der Waals surface area contributed by atoms with Crippen LogP contribution in [0.25, 0.3) is 5.69 Å². The second kappa shape index (κ2) is 8.05. The van der Waals surface area contributed by atoms with Crippen LogP contribution in [0.2, 0.25) is 0 Å². The van der Waals surface area contributed by atoms with Gasteiger partial charge in [0, 0.05) is 7.05 Å². The highest BCUT2D eigenvalue weighted by atomic mass is 32.2. The van der Waals surface area contributed by atoms with E-state index < -0.39 is 0 Å². The van der Waals surface area contributed by atoms with Gasteiger partial charge in [-0.25, -0.2) is 0 Å². The number of nitrogens with zero attached hydrogens (tertiary/aromatic N) is 5. The van der Waals surface area contributed by atoms with Gasteiger partial charge in [-0.05, 0) is 53.7 Å². The zero-order valence-electron chi connectivity index (χ0n) is 14.7. The van der Waals surface area contributed by atoms with Crippen LogP contribution in [-0.4, -0.2) is 50.9 Å². The van der Waals surface area contributed by atoms with Gasteiger partial charge in [0.1, 0.15) is 17.3 Å². The number of aryl methyl sites for hydroxylation is 1. The van der Waals surface area contributed by atoms with Crippen LogP contribution in [0.4, 0.5) is 0 Å². The van der Waals surface area contributed by atoms with Crippen LogP contribution in [-0.2, 0) is 11.3 Å². The number of hydrogen-bond acceptors (Lipinski definition) is 7. The molecule has 0 aliphatic carbocycles. The summed E-state index contributed by atoms with van der Waals surface area (Å²) in [6, 6.07) is 11.1. The van der Waals surface area contributed by atoms with Gasteiger partial charge >= 0.3 is 0 Å². The molecule has 3 aromatic rings. The van der Waals surface area contributed by atoms with Crippen molar-refractivity contribution in [3.05, 3.63) is 47.9 Å². The first-order valence-electron chi connectivity index (χ1n) is 7.91. The molecule has 0 saturated carbocycles. The molecule has 26 heavy (non-hydrogen) atoms. The normalized spacial score (nSPS) is 10.7. The monoisotopic (exact) mass is 373 g/mol. The van der Waals surface area contributed by atoms with Gasteiger partial charge in [0.05, 0.1) is 25.1 Å². The minimum Gasteiger partial charge on any atom is -0.497 e. The number of tetrazole rings is 1. The van der Waals surface area contributed by atoms with E-state index in [9.17, 15) is 4.79 Å². The van der Waals surface area contributed by atoms with Gasteiger partial charge in [-0.1, -0.05) is 11.8 Å². The van der Waals surface area contributed by atoms with Gasteiger partial charge in [-0.2, -0.15) is 4.68 Å². The minimum atomic E-state index is -0.0340. The SMILES string of the molecule is COc1ccc(-n2nnnc2SCC(=O)N(C)Cc2ccc(C)o2)cc1. The van der Waals surface area contributed by atoms with Gasteiger partial charge in [0.15, 0.2) is 0 Å². The van der Waals surface area contributed by atoms with Crippen molar-refractivity contribution in [2.45, 2.75) is 18.6 Å². The van der Waals surface area contributed by atoms with Crippen molar-refractivity contribution in [3.63, 3.8) is 0 Å². The predicted molar refractivity (Wildman–Crippen MR) is 96.3 cm³/mol. The third-order valence-electron chi connectivity index (χ3n) is 3.70. The molecule has 0 fully saturated rings. The number of amides is 1. The van der Waals surface area contributed by atoms with E-state index in [1.54, 1.807) is 23.7 Å². The number of thioether (sulfide) groups is 1. The molecule has 1 aromatic carbocycles. The molecule has 0 radical (unpaired) electrons. The number of rotatable bonds is 7. The lowest BCUT2D eigenvalue weighted by Gasteiger charge is -2.15. The standard InChI is InChI=1S/C17H19N5O3S/c1-12-4-7-15(25-12)10-21(2)16(23)11-26-17-18-19-20-22(17)13-5-8-14(24-3)9-6-13/h4-9H,10-11H2,1-3H3. The Bertz CT molecular complexity index is 875. The third kappa shape index (κ3) is 4.23. The zero-order valence-corrected chi connectivity index (χ0v) is 15.6. The molecule has 1 amide bonds. The second-order valence-corrected chi connectivity index (χ2v) is 6.56. The predicted octanol–water partition coefficient (Wildman–Crippen LogP) is 2.32. The fourth-order valence-electron chi connectivity index (χ4n) is 2.28. The van der Waals surface area contributed by atoms with Crippen molar-refractivity contribution in [3.8, 4) is 11.4 Å². The van der Waals surface area contributed by atoms with E-state index in [4.69, 9.17) is 9.15 Å². The maximum atomic E-state index is 12.3. The van der Waals surface area contributed by atoms with E-state index in [0.717, 1.165) is 23.0 Å². The van der Waals surface area contributed by atoms with Crippen LogP contribution >= 0.6 is 11.8 Å². The van der Waals surface area contributed by atoms with Crippen molar-refractivity contribution in [2.24, 2.45) is 0 Å². The average Bonchev–Trinajstić information content (AvgIpc) is 3.28. The number of hydrogen-bond donors (Lipinski definition) is 0. The summed E-state index contributed by atoms with van der Waals surface area (Å²) < 4.78 is 12.2. The first-order chi connectivity index (χ1) is 12.6. The van der Waals surface area contributed by atoms with E-state index >= 15 is 0 Å². The summed E-state index contributed by atoms with van der Waals surface area (Å²) >= 11 is 1.28. The Balaban J connectivity index is 1.61. The summed E-state index contributed by atoms with van der Waals surface area (Å²) in [6.45, 7) is 2.30. The quantitative estimate of drug-likeness (QED) is 0.588. The Kier molecular flexibility index (Phi) is 5.57. The largest absolute Gasteiger partial charge is 0.497 e. The smallest absolute Gasteiger partial charge is 0.233 e. The molecule has 0 spiro atoms. The molecule has 8 nitrogen and oxygen atoms in total. The summed E-state index contributed by atoms with van der Waals surface area (Å²) in [5, 5.41) is 12.2. The highest BCUT2D eigenvalue weighted by molar-refractivity contribution is 7.99. The van der Waals surface area contributed by atoms with Crippen LogP contribution in [0, 0.1) is 6.92 Å². The number of carbonyl (C=O) groups is 1. The molecular weight excluding hydrogens is 354 g/mol. The lowest BCUT2D eigenvalue weighted by atomic mass is 10.3. The van der Waals surface area contributed by atoms with Gasteiger partial charge in [0.25, 0.3) is 0 Å². The maximum Gasteiger partial charge on any atom is 0.233 e. The van der Waals surface area contributed by atoms with Crippen molar-refractivity contribution in [1.82, 2.24) is 25.1 Å². The lowest BCUT2D eigenvalue weighted by molar-refractivity contribution is -0.127. The second-order valence-electron chi connectivity index (χ2n) is 5.62. The fourth-order valence-corrected chi connectivity index (χ4v) is 3.11. The first kappa shape index (κ1) is 18.0. The summed E-state index contributed by atoms with van der Waals surface area (Å²) in [7, 11) is 3.35. The molecular formula is C17H19N5O3S. The zero-order chi connectivity index (χ0) is 18.5. The highest BCUT2D eigenvalue weighted by Crippen LogP contribution is 2.21. The van der Waals surface area contributed by atoms with Crippen LogP contribution in [0.3, 0.4) is 0 Å². The molecule has 0 aliphatic rings. The topological polar surface area (TPSA) is 86.3 Å². The summed E-state index contributed by atoms with van der Waals surface area (Å²) in [4.78, 5) is 14.0. The molecule has 2 heterocycles. The van der Waals surface area contributed by atoms with Gasteiger partial charge < -0.3 is 14.1 Å². The van der Waals surface area contributed by atoms with Crippen LogP contribution in [0.1, 0.15) is 11.5 Å². The molecule has 136 valence electrons. The average molecular weight is 373 g/mol. The number of ether oxygens (including phenoxy) is 1. The molecule has 2 aromatic heterocycles. The van der Waals surface area contributed by atoms with Crippen LogP contribution < -0.4 is 4.74 Å². The van der Waals surface area contributed by atoms with Gasteiger partial charge in [-0.15, -0.1) is 5.10 Å². The first-order valence-corrected chi connectivity index (χ1v) is 8.90. The van der Waals surface area contributed by atoms with Crippen molar-refractivity contribution < 1.29 is 13.9 Å². The Hall–Kier alpha value is -2.81. The minimum absolute atomic E-state index is 0.0340. The molecule has 3 rings (SSSR count). The van der Waals surface area contributed by atoms with Gasteiger partial charge in [0.2, 0.25) is 11.1 Å². The Morgan fingerprint density at radius 1 is 1.27 bits per heavy atom. The van der Waals surface area contributed by atoms with Crippen molar-refractivity contribution in [1.29, 1.82) is 0 Å². The van der Waals surface area contributed by atoms with E-state index in [1.807, 2.05) is 43.3 Å². The van der Waals surface area contributed by atoms with Crippen molar-refractivity contribution >= 4 is 17.7 Å². The van der Waals surface area contributed by atoms with E-state index in [2.05, 4.69) is 15.5 Å². The summed E-state index contributed by atoms with van der Waals surface area (Å²) in [5.41, 5.74) is 0.796. The molecule has 0 aliphatic heterocycles. The summed E-state index contributed by atoms with van der Waals surface area (Å²) in [6.07, 6.45) is 0. The fraction of sp³-hybridized carbons (Fsp3) is 0.294. The van der Waals surface area contributed by atoms with Crippen LogP contribution in [0.15, 0.2) is 46.0 Å². The number of methoxy groups -OCH3 is 1. The molecule has 0 N–H and O–H groups in total. The molecule has 0 bridgehead atoms. The molecule has 9 heteroatoms. The molecule has 0 atom stereocenters. The number of furan rings is 1. The van der Waals surface area contributed by atoms with E-state index in [1.165, 1.54) is 11.8 Å². The van der Waals surface area contributed by atoms with E-state index in [-0.39, 0.29) is 11.7 Å². The Morgan fingerprint density at radius 3 is 2.69 bits per heavy atom. The summed E-state index contributed by atoms with van der Waals surface area (Å²) in [5.74, 6) is 2.53. The Labute approximate surface area is 155 Å². The van der Waals surface area contributed by atoms with Crippen molar-refractivity contribution in [2.75, 3.05) is 19.9 Å². The highest BCUT2D eigenvalue weighted by Gasteiger charge is 2.15. The third-order valence-corrected chi connectivity index (χ3v) is 4.60. The molecule has 0 saturated heterocycles. The lowest BCUT2D eigenvalue weighted by Crippen LogP contribution is -2.27. The van der Waals surface area contributed by atoms with E-state index in [0.29, 0.717) is 11.7 Å². The van der Waals surface area contributed by atoms with Crippen LogP contribution in [0.5, 0.6) is 5.75 Å². The molecule has 0 unspecified atom stereocenters. The number of benzene rings is 1. The Morgan fingerprint density at radius 2 is 2.04 bits per heavy atom. The maximum absolute atomic E-state index is 12.3. The number of aromatic nitrogens is 4. The van der Waals surface area contributed by atoms with Gasteiger partial charge in [-0.3, -0.25) is 4.79 Å².